The first kappa shape index (κ1) is 20.6. The van der Waals surface area contributed by atoms with E-state index in [1.165, 1.54) is 0 Å². The molecule has 4 atom stereocenters. The number of likely N-dealkylation sites (tertiary alicyclic amines) is 1. The molecule has 7 heteroatoms. The molecule has 3 aromatic rings. The number of nitrogens with zero attached hydrogens (tertiary/aromatic N) is 3. The Morgan fingerprint density at radius 3 is 2.56 bits per heavy atom. The minimum Gasteiger partial charge on any atom is -0.396 e. The van der Waals surface area contributed by atoms with Crippen LogP contribution >= 0.6 is 0 Å². The van der Waals surface area contributed by atoms with Gasteiger partial charge in [0.2, 0.25) is 5.91 Å². The number of carbonyl (C=O) groups excluding carboxylic acids is 1. The van der Waals surface area contributed by atoms with Gasteiger partial charge in [-0.15, -0.1) is 0 Å². The van der Waals surface area contributed by atoms with E-state index in [1.807, 2.05) is 66.1 Å². The number of nitrogens with one attached hydrogen (secondary N) is 1. The quantitative estimate of drug-likeness (QED) is 0.650. The van der Waals surface area contributed by atoms with Gasteiger partial charge in [-0.05, 0) is 48.5 Å². The molecule has 0 spiro atoms. The Morgan fingerprint density at radius 1 is 1.12 bits per heavy atom. The van der Waals surface area contributed by atoms with Gasteiger partial charge in [0.1, 0.15) is 0 Å². The Bertz CT molecular complexity index is 1180. The number of hydrogen-bond donors (Lipinski definition) is 2. The fourth-order valence-corrected chi connectivity index (χ4v) is 5.47. The third-order valence-electron chi connectivity index (χ3n) is 6.86. The lowest BCUT2D eigenvalue weighted by Gasteiger charge is -2.29. The molecule has 1 fully saturated rings. The minimum atomic E-state index is -0.455. The molecule has 4 heterocycles. The molecule has 0 unspecified atom stereocenters. The molecule has 0 saturated carbocycles. The molecule has 1 saturated heterocycles. The SMILES string of the molecule is CCN1[C@H](C(=O)Nc2ccccc2)[C@@H](CO)[C@@H]2Cn3c(ccc(-c4ccncc4)c3=O)[C@@H]21. The Hall–Kier alpha value is -3.29. The van der Waals surface area contributed by atoms with E-state index in [1.54, 1.807) is 12.4 Å². The number of anilines is 1. The summed E-state index contributed by atoms with van der Waals surface area (Å²) in [6, 6.07) is 16.4. The van der Waals surface area contributed by atoms with E-state index in [-0.39, 0.29) is 36.0 Å². The highest BCUT2D eigenvalue weighted by Gasteiger charge is 2.55. The topological polar surface area (TPSA) is 87.5 Å². The summed E-state index contributed by atoms with van der Waals surface area (Å²) in [7, 11) is 0. The van der Waals surface area contributed by atoms with E-state index in [0.29, 0.717) is 18.7 Å². The monoisotopic (exact) mass is 430 g/mol. The first-order valence-corrected chi connectivity index (χ1v) is 11.0. The molecular formula is C25H26N4O3. The van der Waals surface area contributed by atoms with Crippen molar-refractivity contribution in [1.82, 2.24) is 14.5 Å². The summed E-state index contributed by atoms with van der Waals surface area (Å²) in [5.41, 5.74) is 3.08. The van der Waals surface area contributed by atoms with Crippen LogP contribution in [0, 0.1) is 11.8 Å². The molecule has 1 aromatic carbocycles. The van der Waals surface area contributed by atoms with Gasteiger partial charge in [-0.2, -0.15) is 0 Å². The van der Waals surface area contributed by atoms with Crippen LogP contribution < -0.4 is 10.9 Å². The van der Waals surface area contributed by atoms with Gasteiger partial charge >= 0.3 is 0 Å². The van der Waals surface area contributed by atoms with E-state index in [9.17, 15) is 14.7 Å². The number of rotatable bonds is 5. The van der Waals surface area contributed by atoms with Crippen LogP contribution in [0.1, 0.15) is 18.7 Å². The number of benzene rings is 1. The average molecular weight is 431 g/mol. The van der Waals surface area contributed by atoms with Crippen LogP contribution in [-0.2, 0) is 11.3 Å². The summed E-state index contributed by atoms with van der Waals surface area (Å²) in [5.74, 6) is -0.381. The summed E-state index contributed by atoms with van der Waals surface area (Å²) in [6.45, 7) is 3.05. The molecule has 2 N–H and O–H groups in total. The van der Waals surface area contributed by atoms with Crippen molar-refractivity contribution in [2.24, 2.45) is 11.8 Å². The minimum absolute atomic E-state index is 0.00753. The molecule has 7 nitrogen and oxygen atoms in total. The van der Waals surface area contributed by atoms with Crippen LogP contribution in [0.2, 0.25) is 0 Å². The summed E-state index contributed by atoms with van der Waals surface area (Å²) >= 11 is 0. The van der Waals surface area contributed by atoms with E-state index in [2.05, 4.69) is 15.2 Å². The number of para-hydroxylation sites is 1. The van der Waals surface area contributed by atoms with Gasteiger partial charge < -0.3 is 15.0 Å². The van der Waals surface area contributed by atoms with E-state index in [4.69, 9.17) is 0 Å². The van der Waals surface area contributed by atoms with Crippen molar-refractivity contribution in [2.75, 3.05) is 18.5 Å². The summed E-state index contributed by atoms with van der Waals surface area (Å²) in [5, 5.41) is 13.3. The van der Waals surface area contributed by atoms with Crippen molar-refractivity contribution in [1.29, 1.82) is 0 Å². The van der Waals surface area contributed by atoms with E-state index >= 15 is 0 Å². The molecular weight excluding hydrogens is 404 g/mol. The van der Waals surface area contributed by atoms with Gasteiger partial charge in [-0.3, -0.25) is 19.5 Å². The smallest absolute Gasteiger partial charge is 0.258 e. The highest BCUT2D eigenvalue weighted by atomic mass is 16.3. The fourth-order valence-electron chi connectivity index (χ4n) is 5.47. The molecule has 0 radical (unpaired) electrons. The number of pyridine rings is 2. The molecule has 2 aliphatic heterocycles. The largest absolute Gasteiger partial charge is 0.396 e. The second-order valence-corrected chi connectivity index (χ2v) is 8.41. The number of aromatic nitrogens is 2. The second-order valence-electron chi connectivity index (χ2n) is 8.41. The average Bonchev–Trinajstić information content (AvgIpc) is 3.35. The zero-order valence-electron chi connectivity index (χ0n) is 17.9. The Kier molecular flexibility index (Phi) is 5.36. The number of amides is 1. The molecule has 2 aromatic heterocycles. The Morgan fingerprint density at radius 2 is 1.88 bits per heavy atom. The van der Waals surface area contributed by atoms with Gasteiger partial charge in [0.05, 0.1) is 12.1 Å². The van der Waals surface area contributed by atoms with Gasteiger partial charge in [0.25, 0.3) is 5.56 Å². The van der Waals surface area contributed by atoms with Crippen molar-refractivity contribution < 1.29 is 9.90 Å². The number of likely N-dealkylation sites (N-methyl/N-ethyl adjacent to an activating group) is 1. The third kappa shape index (κ3) is 3.25. The Labute approximate surface area is 186 Å². The van der Waals surface area contributed by atoms with Gasteiger partial charge in [0, 0.05) is 54.3 Å². The Balaban J connectivity index is 1.50. The van der Waals surface area contributed by atoms with Crippen molar-refractivity contribution in [3.8, 4) is 11.1 Å². The maximum absolute atomic E-state index is 13.3. The molecule has 2 aliphatic rings. The zero-order chi connectivity index (χ0) is 22.2. The zero-order valence-corrected chi connectivity index (χ0v) is 17.9. The number of fused-ring (bicyclic) bond motifs is 3. The lowest BCUT2D eigenvalue weighted by molar-refractivity contribution is -0.122. The molecule has 0 aliphatic carbocycles. The van der Waals surface area contributed by atoms with Crippen molar-refractivity contribution >= 4 is 11.6 Å². The predicted molar refractivity (Wildman–Crippen MR) is 122 cm³/mol. The number of carbonyl (C=O) groups is 1. The molecule has 0 bridgehead atoms. The van der Waals surface area contributed by atoms with Crippen LogP contribution in [0.4, 0.5) is 5.69 Å². The third-order valence-corrected chi connectivity index (χ3v) is 6.86. The molecule has 1 amide bonds. The van der Waals surface area contributed by atoms with Crippen LogP contribution in [0.5, 0.6) is 0 Å². The van der Waals surface area contributed by atoms with Crippen LogP contribution in [-0.4, -0.2) is 44.7 Å². The maximum Gasteiger partial charge on any atom is 0.258 e. The molecule has 32 heavy (non-hydrogen) atoms. The van der Waals surface area contributed by atoms with E-state index in [0.717, 1.165) is 16.9 Å². The number of aliphatic hydroxyl groups is 1. The first-order chi connectivity index (χ1) is 15.6. The van der Waals surface area contributed by atoms with Gasteiger partial charge in [-0.25, -0.2) is 0 Å². The van der Waals surface area contributed by atoms with Crippen LogP contribution in [0.15, 0.2) is 71.8 Å². The van der Waals surface area contributed by atoms with Gasteiger partial charge in [0.15, 0.2) is 0 Å². The molecule has 164 valence electrons. The second kappa shape index (κ2) is 8.33. The predicted octanol–water partition coefficient (Wildman–Crippen LogP) is 2.53. The summed E-state index contributed by atoms with van der Waals surface area (Å²) in [4.78, 5) is 32.8. The van der Waals surface area contributed by atoms with Crippen molar-refractivity contribution in [3.63, 3.8) is 0 Å². The van der Waals surface area contributed by atoms with Crippen LogP contribution in [0.25, 0.3) is 11.1 Å². The van der Waals surface area contributed by atoms with Crippen molar-refractivity contribution in [2.45, 2.75) is 25.6 Å². The number of aliphatic hydroxyl groups excluding tert-OH is 1. The number of hydrogen-bond acceptors (Lipinski definition) is 5. The first-order valence-electron chi connectivity index (χ1n) is 11.0. The maximum atomic E-state index is 13.3. The summed E-state index contributed by atoms with van der Waals surface area (Å²) < 4.78 is 1.82. The lowest BCUT2D eigenvalue weighted by atomic mass is 9.88. The van der Waals surface area contributed by atoms with Gasteiger partial charge in [-0.1, -0.05) is 25.1 Å². The summed E-state index contributed by atoms with van der Waals surface area (Å²) in [6.07, 6.45) is 3.36. The normalized spacial score (nSPS) is 24.2. The fraction of sp³-hybridized carbons (Fsp3) is 0.320. The van der Waals surface area contributed by atoms with Crippen LogP contribution in [0.3, 0.4) is 0 Å². The highest BCUT2D eigenvalue weighted by Crippen LogP contribution is 2.49. The standard InChI is InChI=1S/C25H26N4O3/c1-2-28-22-19(20(15-30)23(28)24(31)27-17-6-4-3-5-7-17)14-29-21(22)9-8-18(25(29)32)16-10-12-26-13-11-16/h3-13,19-20,22-23,30H,2,14-15H2,1H3,(H,27,31)/t19-,20-,22+,23-/m0/s1. The van der Waals surface area contributed by atoms with E-state index < -0.39 is 6.04 Å². The van der Waals surface area contributed by atoms with Crippen molar-refractivity contribution in [3.05, 3.63) is 83.0 Å². The highest BCUT2D eigenvalue weighted by molar-refractivity contribution is 5.95. The lowest BCUT2D eigenvalue weighted by Crippen LogP contribution is -2.45. The molecule has 5 rings (SSSR count).